The predicted octanol–water partition coefficient (Wildman–Crippen LogP) is 2.87. The molecule has 1 aliphatic heterocycles. The summed E-state index contributed by atoms with van der Waals surface area (Å²) in [6, 6.07) is 9.84. The predicted molar refractivity (Wildman–Crippen MR) is 94.5 cm³/mol. The van der Waals surface area contributed by atoms with Crippen molar-refractivity contribution in [2.24, 2.45) is 0 Å². The Morgan fingerprint density at radius 2 is 2.08 bits per heavy atom. The van der Waals surface area contributed by atoms with E-state index in [0.717, 1.165) is 16.9 Å². The molecule has 8 heteroatoms. The maximum Gasteiger partial charge on any atom is 0.253 e. The van der Waals surface area contributed by atoms with Crippen LogP contribution in [0, 0.1) is 0 Å². The smallest absolute Gasteiger partial charge is 0.253 e. The van der Waals surface area contributed by atoms with Crippen LogP contribution in [-0.4, -0.2) is 31.2 Å². The molecule has 0 bridgehead atoms. The maximum absolute atomic E-state index is 12.7. The Kier molecular flexibility index (Phi) is 5.24. The minimum Gasteiger partial charge on any atom is -0.351 e. The second kappa shape index (κ2) is 7.23. The molecule has 0 unspecified atom stereocenters. The van der Waals surface area contributed by atoms with E-state index in [-0.39, 0.29) is 16.7 Å². The van der Waals surface area contributed by atoms with Crippen molar-refractivity contribution in [3.8, 4) is 0 Å². The van der Waals surface area contributed by atoms with E-state index in [4.69, 9.17) is 11.6 Å². The molecule has 0 saturated carbocycles. The lowest BCUT2D eigenvalue weighted by atomic mass is 10.2. The highest BCUT2D eigenvalue weighted by molar-refractivity contribution is 7.91. The van der Waals surface area contributed by atoms with E-state index in [0.29, 0.717) is 24.4 Å². The van der Waals surface area contributed by atoms with Crippen molar-refractivity contribution in [2.45, 2.75) is 29.6 Å². The molecule has 2 heterocycles. The van der Waals surface area contributed by atoms with Crippen molar-refractivity contribution in [1.29, 1.82) is 0 Å². The number of carbonyl (C=O) groups is 1. The van der Waals surface area contributed by atoms with E-state index in [1.54, 1.807) is 23.6 Å². The van der Waals surface area contributed by atoms with Crippen LogP contribution >= 0.6 is 22.9 Å². The number of halogens is 1. The van der Waals surface area contributed by atoms with Gasteiger partial charge in [-0.15, -0.1) is 11.3 Å². The van der Waals surface area contributed by atoms with E-state index in [2.05, 4.69) is 5.32 Å². The summed E-state index contributed by atoms with van der Waals surface area (Å²) in [6.07, 6.45) is 1.20. The van der Waals surface area contributed by atoms with Gasteiger partial charge in [0.2, 0.25) is 5.91 Å². The van der Waals surface area contributed by atoms with Crippen molar-refractivity contribution >= 4 is 38.9 Å². The Morgan fingerprint density at radius 3 is 2.79 bits per heavy atom. The van der Waals surface area contributed by atoms with Gasteiger partial charge in [-0.3, -0.25) is 4.79 Å². The largest absolute Gasteiger partial charge is 0.351 e. The number of sulfonamides is 1. The van der Waals surface area contributed by atoms with Gasteiger partial charge in [-0.25, -0.2) is 8.42 Å². The van der Waals surface area contributed by atoms with Crippen LogP contribution in [0.15, 0.2) is 46.0 Å². The van der Waals surface area contributed by atoms with Gasteiger partial charge in [0, 0.05) is 18.1 Å². The number of thiophene rings is 1. The summed E-state index contributed by atoms with van der Waals surface area (Å²) in [5.74, 6) is -0.285. The van der Waals surface area contributed by atoms with Gasteiger partial charge in [0.1, 0.15) is 10.3 Å². The molecule has 3 rings (SSSR count). The Hall–Kier alpha value is -1.41. The average molecular weight is 385 g/mol. The molecule has 0 aliphatic carbocycles. The van der Waals surface area contributed by atoms with Gasteiger partial charge < -0.3 is 5.32 Å². The Balaban J connectivity index is 1.71. The van der Waals surface area contributed by atoms with Crippen LogP contribution < -0.4 is 5.32 Å². The molecule has 24 heavy (non-hydrogen) atoms. The summed E-state index contributed by atoms with van der Waals surface area (Å²) in [6.45, 7) is 0.645. The quantitative estimate of drug-likeness (QED) is 0.861. The topological polar surface area (TPSA) is 66.5 Å². The third-order valence-electron chi connectivity index (χ3n) is 3.98. The number of hydrogen-bond donors (Lipinski definition) is 1. The van der Waals surface area contributed by atoms with Crippen molar-refractivity contribution in [3.05, 3.63) is 52.4 Å². The van der Waals surface area contributed by atoms with Gasteiger partial charge in [0.15, 0.2) is 0 Å². The first-order valence-electron chi connectivity index (χ1n) is 7.56. The molecule has 1 atom stereocenters. The summed E-state index contributed by atoms with van der Waals surface area (Å²) in [7, 11) is -3.62. The van der Waals surface area contributed by atoms with Gasteiger partial charge in [0.25, 0.3) is 10.0 Å². The normalized spacial score (nSPS) is 18.6. The fourth-order valence-corrected chi connectivity index (χ4v) is 5.74. The van der Waals surface area contributed by atoms with Crippen LogP contribution in [0.1, 0.15) is 18.4 Å². The summed E-state index contributed by atoms with van der Waals surface area (Å²) in [5.41, 5.74) is 0.804. The molecule has 1 N–H and O–H groups in total. The van der Waals surface area contributed by atoms with Crippen LogP contribution in [0.2, 0.25) is 5.02 Å². The minimum atomic E-state index is -3.62. The summed E-state index contributed by atoms with van der Waals surface area (Å²) in [5, 5.41) is 5.10. The molecule has 1 aromatic heterocycles. The van der Waals surface area contributed by atoms with Crippen molar-refractivity contribution < 1.29 is 13.2 Å². The highest BCUT2D eigenvalue weighted by atomic mass is 35.5. The molecule has 0 radical (unpaired) electrons. The Bertz CT molecular complexity index is 822. The molecule has 1 aliphatic rings. The number of carbonyl (C=O) groups excluding carboxylic acids is 1. The number of rotatable bonds is 5. The van der Waals surface area contributed by atoms with Crippen LogP contribution in [0.3, 0.4) is 0 Å². The van der Waals surface area contributed by atoms with Crippen molar-refractivity contribution in [3.63, 3.8) is 0 Å². The molecule has 128 valence electrons. The summed E-state index contributed by atoms with van der Waals surface area (Å²) < 4.78 is 26.9. The fraction of sp³-hybridized carbons (Fsp3) is 0.312. The van der Waals surface area contributed by atoms with Crippen LogP contribution in [-0.2, 0) is 21.4 Å². The SMILES string of the molecule is O=C(NCc1ccccc1Cl)[C@H]1CCCN1S(=O)(=O)c1cccs1. The highest BCUT2D eigenvalue weighted by Crippen LogP contribution is 2.28. The molecule has 2 aromatic rings. The van der Waals surface area contributed by atoms with Gasteiger partial charge in [0.05, 0.1) is 0 Å². The zero-order valence-corrected chi connectivity index (χ0v) is 15.2. The van der Waals surface area contributed by atoms with Crippen LogP contribution in [0.4, 0.5) is 0 Å². The van der Waals surface area contributed by atoms with E-state index in [1.807, 2.05) is 18.2 Å². The number of amides is 1. The first-order chi connectivity index (χ1) is 11.5. The van der Waals surface area contributed by atoms with E-state index < -0.39 is 16.1 Å². The van der Waals surface area contributed by atoms with Crippen molar-refractivity contribution in [1.82, 2.24) is 9.62 Å². The van der Waals surface area contributed by atoms with Crippen molar-refractivity contribution in [2.75, 3.05) is 6.54 Å². The number of hydrogen-bond acceptors (Lipinski definition) is 4. The first-order valence-corrected chi connectivity index (χ1v) is 10.3. The molecular formula is C16H17ClN2O3S2. The molecule has 1 aromatic carbocycles. The first kappa shape index (κ1) is 17.4. The molecular weight excluding hydrogens is 368 g/mol. The molecule has 1 amide bonds. The van der Waals surface area contributed by atoms with Gasteiger partial charge in [-0.2, -0.15) is 4.31 Å². The number of nitrogens with one attached hydrogen (secondary N) is 1. The monoisotopic (exact) mass is 384 g/mol. The lowest BCUT2D eigenvalue weighted by Gasteiger charge is -2.22. The second-order valence-electron chi connectivity index (χ2n) is 5.52. The summed E-state index contributed by atoms with van der Waals surface area (Å²) >= 11 is 7.24. The Labute approximate surface area is 150 Å². The molecule has 0 spiro atoms. The molecule has 1 saturated heterocycles. The lowest BCUT2D eigenvalue weighted by molar-refractivity contribution is -0.124. The third-order valence-corrected chi connectivity index (χ3v) is 7.63. The summed E-state index contributed by atoms with van der Waals surface area (Å²) in [4.78, 5) is 12.5. The number of nitrogens with zero attached hydrogens (tertiary/aromatic N) is 1. The standard InChI is InChI=1S/C16H17ClN2O3S2/c17-13-6-2-1-5-12(13)11-18-16(20)14-7-3-9-19(14)24(21,22)15-8-4-10-23-15/h1-2,4-6,8,10,14H,3,7,9,11H2,(H,18,20)/t14-/m1/s1. The van der Waals surface area contributed by atoms with Crippen LogP contribution in [0.5, 0.6) is 0 Å². The molecule has 5 nitrogen and oxygen atoms in total. The van der Waals surface area contributed by atoms with E-state index in [9.17, 15) is 13.2 Å². The zero-order chi connectivity index (χ0) is 17.2. The maximum atomic E-state index is 12.7. The second-order valence-corrected chi connectivity index (χ2v) is 8.99. The van der Waals surface area contributed by atoms with Gasteiger partial charge in [-0.05, 0) is 35.9 Å². The zero-order valence-electron chi connectivity index (χ0n) is 12.8. The molecule has 1 fully saturated rings. The van der Waals surface area contributed by atoms with Gasteiger partial charge >= 0.3 is 0 Å². The van der Waals surface area contributed by atoms with E-state index in [1.165, 1.54) is 4.31 Å². The van der Waals surface area contributed by atoms with E-state index >= 15 is 0 Å². The number of benzene rings is 1. The highest BCUT2D eigenvalue weighted by Gasteiger charge is 2.39. The van der Waals surface area contributed by atoms with Gasteiger partial charge in [-0.1, -0.05) is 35.9 Å². The lowest BCUT2D eigenvalue weighted by Crippen LogP contribution is -2.45. The Morgan fingerprint density at radius 1 is 1.29 bits per heavy atom. The van der Waals surface area contributed by atoms with Crippen LogP contribution in [0.25, 0.3) is 0 Å². The minimum absolute atomic E-state index is 0.272. The average Bonchev–Trinajstić information content (AvgIpc) is 3.25. The third kappa shape index (κ3) is 3.49. The fourth-order valence-electron chi connectivity index (χ4n) is 2.76.